The summed E-state index contributed by atoms with van der Waals surface area (Å²) in [5.74, 6) is 1.11. The highest BCUT2D eigenvalue weighted by Gasteiger charge is 2.15. The Morgan fingerprint density at radius 3 is 2.30 bits per heavy atom. The Morgan fingerprint density at radius 2 is 1.57 bits per heavy atom. The SMILES string of the molecule is COc1cc(C)c(NC(=O)Cn2c(-c3ccccc3)cc3ccccc32)cc1OC. The second-order valence-electron chi connectivity index (χ2n) is 7.11. The van der Waals surface area contributed by atoms with Crippen molar-refractivity contribution in [2.45, 2.75) is 13.5 Å². The number of hydrogen-bond acceptors (Lipinski definition) is 3. The number of anilines is 1. The van der Waals surface area contributed by atoms with E-state index in [-0.39, 0.29) is 12.5 Å². The fraction of sp³-hybridized carbons (Fsp3) is 0.160. The van der Waals surface area contributed by atoms with Crippen molar-refractivity contribution in [3.05, 3.63) is 78.4 Å². The summed E-state index contributed by atoms with van der Waals surface area (Å²) in [6.45, 7) is 2.13. The molecule has 0 spiro atoms. The first-order valence-electron chi connectivity index (χ1n) is 9.77. The zero-order chi connectivity index (χ0) is 21.1. The molecule has 0 aliphatic carbocycles. The maximum Gasteiger partial charge on any atom is 0.244 e. The van der Waals surface area contributed by atoms with E-state index in [4.69, 9.17) is 9.47 Å². The van der Waals surface area contributed by atoms with Gasteiger partial charge in [-0.05, 0) is 36.2 Å². The van der Waals surface area contributed by atoms with Crippen molar-refractivity contribution in [1.82, 2.24) is 4.57 Å². The normalized spacial score (nSPS) is 10.8. The number of rotatable bonds is 6. The highest BCUT2D eigenvalue weighted by Crippen LogP contribution is 2.33. The summed E-state index contributed by atoms with van der Waals surface area (Å²) in [5, 5.41) is 4.13. The number of aryl methyl sites for hydroxylation is 1. The molecular formula is C25H24N2O3. The van der Waals surface area contributed by atoms with Crippen LogP contribution in [0.4, 0.5) is 5.69 Å². The number of carbonyl (C=O) groups is 1. The van der Waals surface area contributed by atoms with Crippen LogP contribution in [-0.2, 0) is 11.3 Å². The van der Waals surface area contributed by atoms with Crippen LogP contribution in [-0.4, -0.2) is 24.7 Å². The van der Waals surface area contributed by atoms with Crippen molar-refractivity contribution in [3.63, 3.8) is 0 Å². The van der Waals surface area contributed by atoms with Crippen LogP contribution in [0.3, 0.4) is 0 Å². The van der Waals surface area contributed by atoms with Crippen LogP contribution in [0.5, 0.6) is 11.5 Å². The Labute approximate surface area is 175 Å². The molecule has 5 heteroatoms. The number of nitrogens with one attached hydrogen (secondary N) is 1. The van der Waals surface area contributed by atoms with Crippen molar-refractivity contribution in [3.8, 4) is 22.8 Å². The van der Waals surface area contributed by atoms with Gasteiger partial charge >= 0.3 is 0 Å². The lowest BCUT2D eigenvalue weighted by molar-refractivity contribution is -0.116. The van der Waals surface area contributed by atoms with Crippen LogP contribution in [0.2, 0.25) is 0 Å². The van der Waals surface area contributed by atoms with E-state index in [2.05, 4.69) is 34.1 Å². The number of aromatic nitrogens is 1. The smallest absolute Gasteiger partial charge is 0.244 e. The molecule has 0 saturated carbocycles. The Kier molecular flexibility index (Phi) is 5.44. The third-order valence-electron chi connectivity index (χ3n) is 5.19. The summed E-state index contributed by atoms with van der Waals surface area (Å²) in [6.07, 6.45) is 0. The van der Waals surface area contributed by atoms with Crippen LogP contribution in [0, 0.1) is 6.92 Å². The molecule has 0 bridgehead atoms. The monoisotopic (exact) mass is 400 g/mol. The van der Waals surface area contributed by atoms with Crippen LogP contribution < -0.4 is 14.8 Å². The van der Waals surface area contributed by atoms with E-state index in [1.807, 2.05) is 49.4 Å². The standard InChI is InChI=1S/C25H24N2O3/c1-17-13-23(29-2)24(30-3)15-20(17)26-25(28)16-27-21-12-8-7-11-19(21)14-22(27)18-9-5-4-6-10-18/h4-15H,16H2,1-3H3,(H,26,28). The Balaban J connectivity index is 1.67. The van der Waals surface area contributed by atoms with Crippen molar-refractivity contribution in [2.24, 2.45) is 0 Å². The number of amides is 1. The zero-order valence-electron chi connectivity index (χ0n) is 17.3. The Hall–Kier alpha value is -3.73. The molecule has 3 aromatic carbocycles. The van der Waals surface area contributed by atoms with Gasteiger partial charge in [0.15, 0.2) is 11.5 Å². The van der Waals surface area contributed by atoms with Gasteiger partial charge in [-0.2, -0.15) is 0 Å². The maximum atomic E-state index is 13.0. The molecular weight excluding hydrogens is 376 g/mol. The number of carbonyl (C=O) groups excluding carboxylic acids is 1. The largest absolute Gasteiger partial charge is 0.493 e. The van der Waals surface area contributed by atoms with Gasteiger partial charge in [-0.3, -0.25) is 4.79 Å². The van der Waals surface area contributed by atoms with Gasteiger partial charge in [-0.15, -0.1) is 0 Å². The molecule has 4 rings (SSSR count). The van der Waals surface area contributed by atoms with Crippen LogP contribution >= 0.6 is 0 Å². The number of hydrogen-bond donors (Lipinski definition) is 1. The molecule has 1 aromatic heterocycles. The molecule has 0 aliphatic heterocycles. The first kappa shape index (κ1) is 19.6. The van der Waals surface area contributed by atoms with Gasteiger partial charge in [0.25, 0.3) is 0 Å². The third kappa shape index (κ3) is 3.74. The summed E-state index contributed by atoms with van der Waals surface area (Å²) >= 11 is 0. The minimum Gasteiger partial charge on any atom is -0.493 e. The lowest BCUT2D eigenvalue weighted by Crippen LogP contribution is -2.19. The second-order valence-corrected chi connectivity index (χ2v) is 7.11. The van der Waals surface area contributed by atoms with Crippen molar-refractivity contribution in [1.29, 1.82) is 0 Å². The van der Waals surface area contributed by atoms with Gasteiger partial charge < -0.3 is 19.4 Å². The third-order valence-corrected chi connectivity index (χ3v) is 5.19. The predicted octanol–water partition coefficient (Wildman–Crippen LogP) is 5.27. The van der Waals surface area contributed by atoms with Gasteiger partial charge in [-0.1, -0.05) is 48.5 Å². The van der Waals surface area contributed by atoms with E-state index in [0.717, 1.165) is 27.7 Å². The fourth-order valence-electron chi connectivity index (χ4n) is 3.68. The first-order chi connectivity index (χ1) is 14.6. The van der Waals surface area contributed by atoms with Crippen LogP contribution in [0.1, 0.15) is 5.56 Å². The number of methoxy groups -OCH3 is 2. The summed E-state index contributed by atoms with van der Waals surface area (Å²) in [5.41, 5.74) is 4.72. The minimum atomic E-state index is -0.108. The molecule has 5 nitrogen and oxygen atoms in total. The minimum absolute atomic E-state index is 0.108. The molecule has 1 N–H and O–H groups in total. The van der Waals surface area contributed by atoms with Gasteiger partial charge in [0.1, 0.15) is 6.54 Å². The molecule has 0 fully saturated rings. The Bertz CT molecular complexity index is 1200. The lowest BCUT2D eigenvalue weighted by Gasteiger charge is -2.15. The van der Waals surface area contributed by atoms with Gasteiger partial charge in [-0.25, -0.2) is 0 Å². The van der Waals surface area contributed by atoms with E-state index in [0.29, 0.717) is 17.2 Å². The molecule has 30 heavy (non-hydrogen) atoms. The molecule has 1 amide bonds. The average molecular weight is 400 g/mol. The molecule has 1 heterocycles. The summed E-state index contributed by atoms with van der Waals surface area (Å²) in [6, 6.07) is 24.0. The molecule has 0 atom stereocenters. The van der Waals surface area contributed by atoms with E-state index in [9.17, 15) is 4.79 Å². The second kappa shape index (κ2) is 8.33. The number of nitrogens with zero attached hydrogens (tertiary/aromatic N) is 1. The number of benzene rings is 3. The number of ether oxygens (including phenoxy) is 2. The predicted molar refractivity (Wildman–Crippen MR) is 120 cm³/mol. The van der Waals surface area contributed by atoms with Crippen molar-refractivity contribution in [2.75, 3.05) is 19.5 Å². The Morgan fingerprint density at radius 1 is 0.900 bits per heavy atom. The summed E-state index contributed by atoms with van der Waals surface area (Å²) in [4.78, 5) is 13.0. The van der Waals surface area contributed by atoms with Crippen molar-refractivity contribution >= 4 is 22.5 Å². The van der Waals surface area contributed by atoms with Crippen molar-refractivity contribution < 1.29 is 14.3 Å². The molecule has 4 aromatic rings. The van der Waals surface area contributed by atoms with Crippen LogP contribution in [0.25, 0.3) is 22.2 Å². The van der Waals surface area contributed by atoms with Gasteiger partial charge in [0, 0.05) is 28.4 Å². The van der Waals surface area contributed by atoms with E-state index in [1.54, 1.807) is 20.3 Å². The van der Waals surface area contributed by atoms with Crippen LogP contribution in [0.15, 0.2) is 72.8 Å². The van der Waals surface area contributed by atoms with E-state index < -0.39 is 0 Å². The highest BCUT2D eigenvalue weighted by atomic mass is 16.5. The number of fused-ring (bicyclic) bond motifs is 1. The average Bonchev–Trinajstić information content (AvgIpc) is 3.13. The topological polar surface area (TPSA) is 52.5 Å². The molecule has 152 valence electrons. The van der Waals surface area contributed by atoms with Gasteiger partial charge in [0.05, 0.1) is 14.2 Å². The molecule has 0 radical (unpaired) electrons. The first-order valence-corrected chi connectivity index (χ1v) is 9.77. The van der Waals surface area contributed by atoms with Gasteiger partial charge in [0.2, 0.25) is 5.91 Å². The quantitative estimate of drug-likeness (QED) is 0.480. The highest BCUT2D eigenvalue weighted by molar-refractivity contribution is 5.95. The lowest BCUT2D eigenvalue weighted by atomic mass is 10.1. The molecule has 0 saturated heterocycles. The maximum absolute atomic E-state index is 13.0. The molecule has 0 aliphatic rings. The zero-order valence-corrected chi connectivity index (χ0v) is 17.3. The summed E-state index contributed by atoms with van der Waals surface area (Å²) in [7, 11) is 3.18. The summed E-state index contributed by atoms with van der Waals surface area (Å²) < 4.78 is 12.8. The van der Waals surface area contributed by atoms with E-state index in [1.165, 1.54) is 0 Å². The fourth-order valence-corrected chi connectivity index (χ4v) is 3.68. The number of para-hydroxylation sites is 1. The van der Waals surface area contributed by atoms with E-state index >= 15 is 0 Å². The molecule has 0 unspecified atom stereocenters.